The van der Waals surface area contributed by atoms with Gasteiger partial charge in [0.1, 0.15) is 11.9 Å². The van der Waals surface area contributed by atoms with Crippen LogP contribution in [0.25, 0.3) is 0 Å². The minimum atomic E-state index is -0.0174. The number of aromatic nitrogens is 2. The summed E-state index contributed by atoms with van der Waals surface area (Å²) >= 11 is 1.83. The van der Waals surface area contributed by atoms with Crippen LogP contribution in [0, 0.1) is 13.8 Å². The number of amides is 1. The Morgan fingerprint density at radius 1 is 1.25 bits per heavy atom. The summed E-state index contributed by atoms with van der Waals surface area (Å²) in [5.74, 6) is 1.47. The number of hydrogen-bond donors (Lipinski definition) is 0. The summed E-state index contributed by atoms with van der Waals surface area (Å²) in [5.41, 5.74) is 1.95. The largest absolute Gasteiger partial charge is 0.472 e. The van der Waals surface area contributed by atoms with Gasteiger partial charge in [-0.2, -0.15) is 4.98 Å². The monoisotopic (exact) mass is 399 g/mol. The summed E-state index contributed by atoms with van der Waals surface area (Å²) in [6.45, 7) is 9.57. The first kappa shape index (κ1) is 20.6. The first-order valence-electron chi connectivity index (χ1n) is 9.91. The Balaban J connectivity index is 1.56. The van der Waals surface area contributed by atoms with Crippen molar-refractivity contribution in [3.05, 3.63) is 47.4 Å². The molecule has 28 heavy (non-hydrogen) atoms. The van der Waals surface area contributed by atoms with Crippen molar-refractivity contribution >= 4 is 17.7 Å². The van der Waals surface area contributed by atoms with E-state index in [9.17, 15) is 4.79 Å². The van der Waals surface area contributed by atoms with Gasteiger partial charge in [0.25, 0.3) is 0 Å². The third-order valence-electron chi connectivity index (χ3n) is 4.61. The second-order valence-corrected chi connectivity index (χ2v) is 9.25. The van der Waals surface area contributed by atoms with Gasteiger partial charge in [0.05, 0.1) is 13.0 Å². The molecule has 0 N–H and O–H groups in total. The number of likely N-dealkylation sites (tertiary alicyclic amines) is 1. The van der Waals surface area contributed by atoms with Crippen LogP contribution in [0.15, 0.2) is 35.2 Å². The zero-order valence-corrected chi connectivity index (χ0v) is 18.0. The molecule has 2 heterocycles. The number of rotatable bonds is 6. The number of hydrogen-bond acceptors (Lipinski definition) is 5. The second-order valence-electron chi connectivity index (χ2n) is 7.60. The molecule has 5 nitrogen and oxygen atoms in total. The van der Waals surface area contributed by atoms with E-state index in [1.165, 1.54) is 4.90 Å². The highest BCUT2D eigenvalue weighted by Crippen LogP contribution is 2.23. The molecule has 1 aromatic heterocycles. The van der Waals surface area contributed by atoms with Crippen LogP contribution < -0.4 is 4.74 Å². The molecule has 1 aliphatic heterocycles. The van der Waals surface area contributed by atoms with E-state index in [-0.39, 0.29) is 12.0 Å². The Kier molecular flexibility index (Phi) is 6.94. The van der Waals surface area contributed by atoms with Crippen LogP contribution in [-0.4, -0.2) is 45.2 Å². The fourth-order valence-electron chi connectivity index (χ4n) is 3.42. The highest BCUT2D eigenvalue weighted by Gasteiger charge is 2.25. The lowest BCUT2D eigenvalue weighted by molar-refractivity contribution is -0.133. The molecule has 0 bridgehead atoms. The quantitative estimate of drug-likeness (QED) is 0.681. The van der Waals surface area contributed by atoms with Gasteiger partial charge in [0.2, 0.25) is 11.8 Å². The number of piperidine rings is 1. The van der Waals surface area contributed by atoms with Gasteiger partial charge < -0.3 is 9.64 Å². The van der Waals surface area contributed by atoms with Crippen LogP contribution in [0.2, 0.25) is 0 Å². The van der Waals surface area contributed by atoms with Crippen LogP contribution in [0.5, 0.6) is 5.88 Å². The summed E-state index contributed by atoms with van der Waals surface area (Å²) in [7, 11) is 0. The smallest absolute Gasteiger partial charge is 0.227 e. The van der Waals surface area contributed by atoms with E-state index < -0.39 is 0 Å². The number of nitrogens with zero attached hydrogens (tertiary/aromatic N) is 3. The highest BCUT2D eigenvalue weighted by atomic mass is 32.2. The van der Waals surface area contributed by atoms with E-state index in [0.29, 0.717) is 29.9 Å². The third-order valence-corrected chi connectivity index (χ3v) is 5.63. The molecule has 1 aliphatic rings. The average Bonchev–Trinajstić information content (AvgIpc) is 2.62. The molecule has 1 saturated heterocycles. The number of benzene rings is 1. The third kappa shape index (κ3) is 5.96. The van der Waals surface area contributed by atoms with Crippen LogP contribution in [0.4, 0.5) is 0 Å². The van der Waals surface area contributed by atoms with E-state index in [1.54, 1.807) is 0 Å². The van der Waals surface area contributed by atoms with Gasteiger partial charge in [-0.05, 0) is 44.4 Å². The van der Waals surface area contributed by atoms with Crippen molar-refractivity contribution in [1.29, 1.82) is 0 Å². The van der Waals surface area contributed by atoms with Gasteiger partial charge in [-0.15, -0.1) is 11.8 Å². The lowest BCUT2D eigenvalue weighted by atomic mass is 10.1. The van der Waals surface area contributed by atoms with Gasteiger partial charge in [0.15, 0.2) is 0 Å². The SMILES string of the molecule is Cc1cc(OC2CCCN(C(=O)Cc3ccc(SC(C)C)cc3)C2)nc(C)n1. The van der Waals surface area contributed by atoms with Crippen molar-refractivity contribution < 1.29 is 9.53 Å². The van der Waals surface area contributed by atoms with Gasteiger partial charge in [-0.1, -0.05) is 26.0 Å². The van der Waals surface area contributed by atoms with E-state index in [0.717, 1.165) is 30.6 Å². The first-order chi connectivity index (χ1) is 13.4. The molecule has 2 aromatic rings. The van der Waals surface area contributed by atoms with Crippen LogP contribution in [-0.2, 0) is 11.2 Å². The zero-order valence-electron chi connectivity index (χ0n) is 17.1. The number of thioether (sulfide) groups is 1. The highest BCUT2D eigenvalue weighted by molar-refractivity contribution is 7.99. The summed E-state index contributed by atoms with van der Waals surface area (Å²) in [4.78, 5) is 24.6. The molecule has 1 atom stereocenters. The Bertz CT molecular complexity index is 788. The minimum absolute atomic E-state index is 0.0174. The molecule has 1 unspecified atom stereocenters. The lowest BCUT2D eigenvalue weighted by Gasteiger charge is -2.32. The summed E-state index contributed by atoms with van der Waals surface area (Å²) < 4.78 is 6.05. The predicted molar refractivity (Wildman–Crippen MR) is 113 cm³/mol. The number of carbonyl (C=O) groups excluding carboxylic acids is 1. The molecule has 0 aliphatic carbocycles. The molecule has 0 saturated carbocycles. The number of carbonyl (C=O) groups is 1. The lowest BCUT2D eigenvalue weighted by Crippen LogP contribution is -2.45. The molecule has 3 rings (SSSR count). The summed E-state index contributed by atoms with van der Waals surface area (Å²) in [6, 6.07) is 10.2. The average molecular weight is 400 g/mol. The molecule has 1 amide bonds. The van der Waals surface area contributed by atoms with Crippen molar-refractivity contribution in [2.45, 2.75) is 63.2 Å². The van der Waals surface area contributed by atoms with Gasteiger partial charge in [-0.3, -0.25) is 4.79 Å². The molecule has 1 fully saturated rings. The second kappa shape index (κ2) is 9.41. The molecule has 1 aromatic carbocycles. The standard InChI is InChI=1S/C22H29N3O2S/c1-15(2)28-20-9-7-18(8-10-20)13-22(26)25-11-5-6-19(14-25)27-21-12-16(3)23-17(4)24-21/h7-10,12,15,19H,5-6,11,13-14H2,1-4H3. The Morgan fingerprint density at radius 2 is 2.00 bits per heavy atom. The molecular formula is C22H29N3O2S. The molecule has 6 heteroatoms. The fraction of sp³-hybridized carbons (Fsp3) is 0.500. The maximum absolute atomic E-state index is 12.8. The maximum Gasteiger partial charge on any atom is 0.227 e. The van der Waals surface area contributed by atoms with E-state index in [4.69, 9.17) is 4.74 Å². The van der Waals surface area contributed by atoms with E-state index >= 15 is 0 Å². The van der Waals surface area contributed by atoms with Crippen LogP contribution in [0.3, 0.4) is 0 Å². The Morgan fingerprint density at radius 3 is 2.68 bits per heavy atom. The molecule has 0 spiro atoms. The Hall–Kier alpha value is -2.08. The molecule has 150 valence electrons. The van der Waals surface area contributed by atoms with Gasteiger partial charge in [-0.25, -0.2) is 4.98 Å². The normalized spacial score (nSPS) is 17.0. The molecular weight excluding hydrogens is 370 g/mol. The zero-order chi connectivity index (χ0) is 20.1. The number of ether oxygens (including phenoxy) is 1. The van der Waals surface area contributed by atoms with E-state index in [2.05, 4.69) is 48.1 Å². The van der Waals surface area contributed by atoms with Crippen molar-refractivity contribution in [3.8, 4) is 5.88 Å². The number of aryl methyl sites for hydroxylation is 2. The van der Waals surface area contributed by atoms with Gasteiger partial charge in [0, 0.05) is 28.5 Å². The van der Waals surface area contributed by atoms with Gasteiger partial charge >= 0.3 is 0 Å². The van der Waals surface area contributed by atoms with Crippen LogP contribution >= 0.6 is 11.8 Å². The van der Waals surface area contributed by atoms with Crippen LogP contribution in [0.1, 0.15) is 43.8 Å². The van der Waals surface area contributed by atoms with Crippen molar-refractivity contribution in [2.75, 3.05) is 13.1 Å². The minimum Gasteiger partial charge on any atom is -0.472 e. The predicted octanol–water partition coefficient (Wildman–Crippen LogP) is 4.21. The van der Waals surface area contributed by atoms with E-state index in [1.807, 2.05) is 36.6 Å². The summed E-state index contributed by atoms with van der Waals surface area (Å²) in [5, 5.41) is 0.556. The fourth-order valence-corrected chi connectivity index (χ4v) is 4.26. The maximum atomic E-state index is 12.8. The van der Waals surface area contributed by atoms with Crippen molar-refractivity contribution in [3.63, 3.8) is 0 Å². The Labute approximate surface area is 171 Å². The molecule has 0 radical (unpaired) electrons. The topological polar surface area (TPSA) is 55.3 Å². The van der Waals surface area contributed by atoms with Crippen molar-refractivity contribution in [2.24, 2.45) is 0 Å². The summed E-state index contributed by atoms with van der Waals surface area (Å²) in [6.07, 6.45) is 2.30. The first-order valence-corrected chi connectivity index (χ1v) is 10.8. The van der Waals surface area contributed by atoms with Crippen molar-refractivity contribution in [1.82, 2.24) is 14.9 Å².